The van der Waals surface area contributed by atoms with Crippen LogP contribution in [0.15, 0.2) is 52.4 Å². The van der Waals surface area contributed by atoms with Gasteiger partial charge in [-0.3, -0.25) is 19.0 Å². The first kappa shape index (κ1) is 21.8. The van der Waals surface area contributed by atoms with E-state index in [2.05, 4.69) is 4.98 Å². The molecule has 0 N–H and O–H groups in total. The van der Waals surface area contributed by atoms with Crippen molar-refractivity contribution in [1.82, 2.24) is 9.55 Å². The summed E-state index contributed by atoms with van der Waals surface area (Å²) in [5.41, 5.74) is 2.91. The fraction of sp³-hybridized carbons (Fsp3) is 0.304. The molecule has 156 valence electrons. The van der Waals surface area contributed by atoms with Crippen LogP contribution < -0.4 is 5.56 Å². The number of benzene rings is 2. The maximum Gasteiger partial charge on any atom is 0.307 e. The lowest BCUT2D eigenvalue weighted by molar-refractivity contribution is -0.140. The van der Waals surface area contributed by atoms with Crippen LogP contribution in [0.25, 0.3) is 10.9 Å². The van der Waals surface area contributed by atoms with Crippen LogP contribution in [-0.2, 0) is 16.1 Å². The topological polar surface area (TPSA) is 78.3 Å². The second-order valence-corrected chi connectivity index (χ2v) is 8.45. The molecule has 2 aromatic carbocycles. The number of fused-ring (bicyclic) bond motifs is 1. The highest BCUT2D eigenvalue weighted by atomic mass is 32.2. The van der Waals surface area contributed by atoms with E-state index in [1.165, 1.54) is 23.4 Å². The lowest BCUT2D eigenvalue weighted by atomic mass is 10.0. The van der Waals surface area contributed by atoms with Crippen molar-refractivity contribution in [1.29, 1.82) is 0 Å². The molecule has 0 unspecified atom stereocenters. The smallest absolute Gasteiger partial charge is 0.307 e. The molecule has 30 heavy (non-hydrogen) atoms. The molecule has 3 rings (SSSR count). The molecule has 0 radical (unpaired) electrons. The van der Waals surface area contributed by atoms with Gasteiger partial charge in [0.25, 0.3) is 5.56 Å². The molecule has 1 heterocycles. The van der Waals surface area contributed by atoms with Gasteiger partial charge in [-0.2, -0.15) is 0 Å². The van der Waals surface area contributed by atoms with Gasteiger partial charge in [0.1, 0.15) is 0 Å². The molecule has 0 aliphatic rings. The van der Waals surface area contributed by atoms with Crippen LogP contribution in [0.4, 0.5) is 0 Å². The quantitative estimate of drug-likeness (QED) is 0.247. The Labute approximate surface area is 179 Å². The molecule has 1 atom stereocenters. The van der Waals surface area contributed by atoms with Crippen LogP contribution in [0, 0.1) is 13.8 Å². The Morgan fingerprint density at radius 3 is 2.63 bits per heavy atom. The molecule has 0 amide bonds. The molecule has 0 aliphatic carbocycles. The monoisotopic (exact) mass is 424 g/mol. The van der Waals surface area contributed by atoms with E-state index in [1.807, 2.05) is 38.1 Å². The number of aromatic nitrogens is 2. The summed E-state index contributed by atoms with van der Waals surface area (Å²) in [6.45, 7) is 5.80. The van der Waals surface area contributed by atoms with Crippen LogP contribution in [0.5, 0.6) is 0 Å². The predicted octanol–water partition coefficient (Wildman–Crippen LogP) is 3.94. The maximum absolute atomic E-state index is 13.1. The van der Waals surface area contributed by atoms with Crippen LogP contribution in [0.1, 0.15) is 34.8 Å². The van der Waals surface area contributed by atoms with E-state index in [0.29, 0.717) is 21.6 Å². The van der Waals surface area contributed by atoms with Gasteiger partial charge in [-0.25, -0.2) is 4.98 Å². The Balaban J connectivity index is 1.99. The number of hydrogen-bond donors (Lipinski definition) is 0. The number of thioether (sulfide) groups is 1. The molecule has 0 aliphatic heterocycles. The fourth-order valence-corrected chi connectivity index (χ4v) is 4.17. The van der Waals surface area contributed by atoms with Crippen molar-refractivity contribution in [3.05, 3.63) is 69.5 Å². The third kappa shape index (κ3) is 4.62. The summed E-state index contributed by atoms with van der Waals surface area (Å²) < 4.78 is 6.16. The molecular formula is C23H24N2O4S. The third-order valence-electron chi connectivity index (χ3n) is 4.90. The Hall–Kier alpha value is -2.93. The van der Waals surface area contributed by atoms with Crippen molar-refractivity contribution >= 4 is 34.4 Å². The van der Waals surface area contributed by atoms with E-state index < -0.39 is 11.2 Å². The highest BCUT2D eigenvalue weighted by molar-refractivity contribution is 8.00. The molecule has 1 aromatic heterocycles. The van der Waals surface area contributed by atoms with E-state index in [4.69, 9.17) is 4.74 Å². The first-order valence-electron chi connectivity index (χ1n) is 9.66. The Bertz CT molecular complexity index is 1170. The zero-order chi connectivity index (χ0) is 21.8. The van der Waals surface area contributed by atoms with Gasteiger partial charge in [-0.1, -0.05) is 41.6 Å². The minimum atomic E-state index is -0.456. The Morgan fingerprint density at radius 2 is 1.90 bits per heavy atom. The van der Waals surface area contributed by atoms with E-state index in [-0.39, 0.29) is 24.3 Å². The second-order valence-electron chi connectivity index (χ2n) is 7.14. The van der Waals surface area contributed by atoms with Crippen LogP contribution in [0.2, 0.25) is 0 Å². The SMILES string of the molecule is COC(=O)CCn1c(S[C@@H](C)C(=O)c2cc(C)ccc2C)nc2ccccc2c1=O. The summed E-state index contributed by atoms with van der Waals surface area (Å²) in [6, 6.07) is 12.8. The minimum Gasteiger partial charge on any atom is -0.469 e. The summed E-state index contributed by atoms with van der Waals surface area (Å²) in [6.07, 6.45) is 0.0449. The van der Waals surface area contributed by atoms with Gasteiger partial charge in [0.2, 0.25) is 0 Å². The third-order valence-corrected chi connectivity index (χ3v) is 5.99. The van der Waals surface area contributed by atoms with Crippen LogP contribution >= 0.6 is 11.8 Å². The van der Waals surface area contributed by atoms with E-state index in [9.17, 15) is 14.4 Å². The normalized spacial score (nSPS) is 12.0. The molecular weight excluding hydrogens is 400 g/mol. The molecule has 0 saturated carbocycles. The number of carbonyl (C=O) groups is 2. The molecule has 0 saturated heterocycles. The number of hydrogen-bond acceptors (Lipinski definition) is 6. The summed E-state index contributed by atoms with van der Waals surface area (Å²) >= 11 is 1.23. The summed E-state index contributed by atoms with van der Waals surface area (Å²) in [4.78, 5) is 42.4. The fourth-order valence-electron chi connectivity index (χ4n) is 3.17. The van der Waals surface area contributed by atoms with Gasteiger partial charge in [-0.05, 0) is 44.5 Å². The Kier molecular flexibility index (Phi) is 6.72. The number of aryl methyl sites for hydroxylation is 2. The molecule has 3 aromatic rings. The number of rotatable bonds is 7. The average molecular weight is 425 g/mol. The summed E-state index contributed by atoms with van der Waals surface area (Å²) in [5, 5.41) is 0.428. The molecule has 6 nitrogen and oxygen atoms in total. The van der Waals surface area contributed by atoms with Crippen molar-refractivity contribution in [3.8, 4) is 0 Å². The van der Waals surface area contributed by atoms with Gasteiger partial charge in [-0.15, -0.1) is 0 Å². The second kappa shape index (κ2) is 9.26. The molecule has 0 bridgehead atoms. The summed E-state index contributed by atoms with van der Waals surface area (Å²) in [7, 11) is 1.31. The molecule has 7 heteroatoms. The zero-order valence-electron chi connectivity index (χ0n) is 17.5. The number of ether oxygens (including phenoxy) is 1. The van der Waals surface area contributed by atoms with E-state index in [0.717, 1.165) is 11.1 Å². The number of ketones is 1. The van der Waals surface area contributed by atoms with Crippen molar-refractivity contribution in [2.45, 2.75) is 44.1 Å². The first-order chi connectivity index (χ1) is 14.3. The van der Waals surface area contributed by atoms with Gasteiger partial charge >= 0.3 is 5.97 Å². The van der Waals surface area contributed by atoms with Crippen LogP contribution in [0.3, 0.4) is 0 Å². The van der Waals surface area contributed by atoms with Gasteiger partial charge < -0.3 is 4.74 Å². The number of esters is 1. The van der Waals surface area contributed by atoms with Crippen LogP contribution in [-0.4, -0.2) is 33.7 Å². The first-order valence-corrected chi connectivity index (χ1v) is 10.5. The summed E-state index contributed by atoms with van der Waals surface area (Å²) in [5.74, 6) is -0.436. The molecule has 0 fully saturated rings. The van der Waals surface area contributed by atoms with Gasteiger partial charge in [0, 0.05) is 12.1 Å². The van der Waals surface area contributed by atoms with Crippen molar-refractivity contribution in [2.24, 2.45) is 0 Å². The maximum atomic E-state index is 13.1. The number of nitrogens with zero attached hydrogens (tertiary/aromatic N) is 2. The molecule has 0 spiro atoms. The van der Waals surface area contributed by atoms with Crippen molar-refractivity contribution in [3.63, 3.8) is 0 Å². The lowest BCUT2D eigenvalue weighted by Gasteiger charge is -2.16. The minimum absolute atomic E-state index is 0.0249. The number of carbonyl (C=O) groups excluding carboxylic acids is 2. The largest absolute Gasteiger partial charge is 0.469 e. The van der Waals surface area contributed by atoms with Crippen molar-refractivity contribution in [2.75, 3.05) is 7.11 Å². The van der Waals surface area contributed by atoms with Crippen molar-refractivity contribution < 1.29 is 14.3 Å². The highest BCUT2D eigenvalue weighted by Gasteiger charge is 2.22. The zero-order valence-corrected chi connectivity index (χ0v) is 18.3. The lowest BCUT2D eigenvalue weighted by Crippen LogP contribution is -2.26. The van der Waals surface area contributed by atoms with E-state index >= 15 is 0 Å². The Morgan fingerprint density at radius 1 is 1.17 bits per heavy atom. The number of methoxy groups -OCH3 is 1. The van der Waals surface area contributed by atoms with Gasteiger partial charge in [0.05, 0.1) is 29.7 Å². The average Bonchev–Trinajstić information content (AvgIpc) is 2.74. The highest BCUT2D eigenvalue weighted by Crippen LogP contribution is 2.26. The van der Waals surface area contributed by atoms with E-state index in [1.54, 1.807) is 25.1 Å². The number of para-hydroxylation sites is 1. The van der Waals surface area contributed by atoms with Gasteiger partial charge in [0.15, 0.2) is 10.9 Å². The standard InChI is InChI=1S/C23H24N2O4S/c1-14-9-10-15(2)18(13-14)21(27)16(3)30-23-24-19-8-6-5-7-17(19)22(28)25(23)12-11-20(26)29-4/h5-10,13,16H,11-12H2,1-4H3/t16-/m0/s1. The number of Topliss-reactive ketones (excluding diaryl/α,β-unsaturated/α-hetero) is 1. The predicted molar refractivity (Wildman–Crippen MR) is 118 cm³/mol.